The lowest BCUT2D eigenvalue weighted by atomic mass is 10.0. The van der Waals surface area contributed by atoms with Crippen molar-refractivity contribution in [3.8, 4) is 0 Å². The van der Waals surface area contributed by atoms with E-state index in [1.54, 1.807) is 18.7 Å². The van der Waals surface area contributed by atoms with Crippen molar-refractivity contribution in [2.45, 2.75) is 45.6 Å². The minimum atomic E-state index is -0.432. The zero-order valence-electron chi connectivity index (χ0n) is 13.4. The number of nitrogens with zero attached hydrogens (tertiary/aromatic N) is 2. The Morgan fingerprint density at radius 1 is 1.52 bits per heavy atom. The van der Waals surface area contributed by atoms with Gasteiger partial charge in [-0.3, -0.25) is 4.79 Å². The van der Waals surface area contributed by atoms with E-state index in [4.69, 9.17) is 20.9 Å². The molecule has 0 saturated carbocycles. The molecule has 23 heavy (non-hydrogen) atoms. The van der Waals surface area contributed by atoms with Crippen LogP contribution in [0.4, 0.5) is 4.79 Å². The molecule has 1 aliphatic heterocycles. The third-order valence-corrected chi connectivity index (χ3v) is 4.19. The summed E-state index contributed by atoms with van der Waals surface area (Å²) in [6.45, 7) is 5.10. The van der Waals surface area contributed by atoms with Gasteiger partial charge in [-0.05, 0) is 44.7 Å². The van der Waals surface area contributed by atoms with E-state index in [0.29, 0.717) is 38.2 Å². The molecule has 1 aromatic heterocycles. The number of ether oxygens (including phenoxy) is 1. The maximum Gasteiger partial charge on any atom is 0.407 e. The summed E-state index contributed by atoms with van der Waals surface area (Å²) in [6, 6.07) is -0.0623. The van der Waals surface area contributed by atoms with Crippen molar-refractivity contribution in [1.82, 2.24) is 15.4 Å². The van der Waals surface area contributed by atoms with Crippen LogP contribution >= 0.6 is 11.6 Å². The van der Waals surface area contributed by atoms with Crippen molar-refractivity contribution in [2.24, 2.45) is 0 Å². The molecule has 1 aliphatic rings. The smallest absolute Gasteiger partial charge is 0.407 e. The van der Waals surface area contributed by atoms with Gasteiger partial charge in [-0.2, -0.15) is 0 Å². The first-order valence-electron chi connectivity index (χ1n) is 7.83. The monoisotopic (exact) mass is 343 g/mol. The minimum absolute atomic E-state index is 0.0389. The van der Waals surface area contributed by atoms with E-state index in [2.05, 4.69) is 10.5 Å². The maximum atomic E-state index is 12.4. The number of likely N-dealkylation sites (tertiary alicyclic amines) is 1. The third-order valence-electron chi connectivity index (χ3n) is 3.90. The summed E-state index contributed by atoms with van der Waals surface area (Å²) in [7, 11) is 0. The van der Waals surface area contributed by atoms with E-state index >= 15 is 0 Å². The fourth-order valence-corrected chi connectivity index (χ4v) is 2.96. The van der Waals surface area contributed by atoms with E-state index in [9.17, 15) is 9.59 Å². The summed E-state index contributed by atoms with van der Waals surface area (Å²) in [4.78, 5) is 25.6. The van der Waals surface area contributed by atoms with E-state index < -0.39 is 6.09 Å². The summed E-state index contributed by atoms with van der Waals surface area (Å²) in [6.07, 6.45) is 2.11. The van der Waals surface area contributed by atoms with E-state index in [1.807, 2.05) is 0 Å². The number of piperidine rings is 1. The van der Waals surface area contributed by atoms with Crippen LogP contribution < -0.4 is 5.32 Å². The van der Waals surface area contributed by atoms with Gasteiger partial charge in [0.1, 0.15) is 0 Å². The number of nitrogens with one attached hydrogen (secondary N) is 1. The molecule has 0 unspecified atom stereocenters. The highest BCUT2D eigenvalue weighted by molar-refractivity contribution is 6.29. The molecule has 7 nitrogen and oxygen atoms in total. The molecule has 1 aromatic rings. The number of rotatable bonds is 5. The fourth-order valence-electron chi connectivity index (χ4n) is 2.69. The Balaban J connectivity index is 1.83. The van der Waals surface area contributed by atoms with Crippen LogP contribution in [0.2, 0.25) is 5.22 Å². The van der Waals surface area contributed by atoms with Gasteiger partial charge in [0.05, 0.1) is 12.3 Å². The molecule has 0 spiro atoms. The fraction of sp³-hybridized carbons (Fsp3) is 0.667. The molecule has 2 rings (SSSR count). The molecule has 128 valence electrons. The first kappa shape index (κ1) is 17.6. The minimum Gasteiger partial charge on any atom is -0.450 e. The van der Waals surface area contributed by atoms with E-state index in [-0.39, 0.29) is 17.2 Å². The van der Waals surface area contributed by atoms with Gasteiger partial charge in [0.2, 0.25) is 11.1 Å². The topological polar surface area (TPSA) is 84.7 Å². The first-order valence-corrected chi connectivity index (χ1v) is 8.20. The molecular formula is C15H22ClN3O4. The standard InChI is InChI=1S/C15H22ClN3O4/c1-3-22-15(21)17-11-5-4-8-19(9-11)13(20)7-6-12-10(2)18-23-14(12)16/h11H,3-9H2,1-2H3,(H,17,21)/t11-/m0/s1. The van der Waals surface area contributed by atoms with Crippen molar-refractivity contribution in [1.29, 1.82) is 0 Å². The van der Waals surface area contributed by atoms with Crippen LogP contribution in [0.25, 0.3) is 0 Å². The number of alkyl carbamates (subject to hydrolysis) is 1. The summed E-state index contributed by atoms with van der Waals surface area (Å²) >= 11 is 5.91. The largest absolute Gasteiger partial charge is 0.450 e. The number of aromatic nitrogens is 1. The molecule has 0 radical (unpaired) electrons. The molecule has 1 saturated heterocycles. The highest BCUT2D eigenvalue weighted by Gasteiger charge is 2.25. The van der Waals surface area contributed by atoms with Gasteiger partial charge < -0.3 is 19.5 Å². The molecule has 1 atom stereocenters. The molecule has 2 amide bonds. The van der Waals surface area contributed by atoms with Crippen LogP contribution in [-0.4, -0.2) is 47.8 Å². The van der Waals surface area contributed by atoms with Crippen LogP contribution in [0.5, 0.6) is 0 Å². The number of carbonyl (C=O) groups excluding carboxylic acids is 2. The Kier molecular flexibility index (Phi) is 6.27. The third kappa shape index (κ3) is 4.86. The first-order chi connectivity index (χ1) is 11.0. The maximum absolute atomic E-state index is 12.4. The van der Waals surface area contributed by atoms with Gasteiger partial charge in [-0.25, -0.2) is 4.79 Å². The SMILES string of the molecule is CCOC(=O)N[C@H]1CCCN(C(=O)CCc2c(C)noc2Cl)C1. The summed E-state index contributed by atoms with van der Waals surface area (Å²) in [5.41, 5.74) is 1.49. The van der Waals surface area contributed by atoms with Crippen LogP contribution in [0, 0.1) is 6.92 Å². The van der Waals surface area contributed by atoms with Crippen molar-refractivity contribution in [3.63, 3.8) is 0 Å². The van der Waals surface area contributed by atoms with Gasteiger partial charge in [0.15, 0.2) is 0 Å². The molecule has 2 heterocycles. The van der Waals surface area contributed by atoms with Crippen LogP contribution in [0.15, 0.2) is 4.52 Å². The molecule has 0 bridgehead atoms. The molecule has 1 fully saturated rings. The lowest BCUT2D eigenvalue weighted by molar-refractivity contribution is -0.132. The molecule has 0 aliphatic carbocycles. The summed E-state index contributed by atoms with van der Waals surface area (Å²) in [5, 5.41) is 6.81. The predicted octanol–water partition coefficient (Wildman–Crippen LogP) is 2.31. The quantitative estimate of drug-likeness (QED) is 0.886. The van der Waals surface area contributed by atoms with Crippen molar-refractivity contribution >= 4 is 23.6 Å². The number of carbonyl (C=O) groups is 2. The summed E-state index contributed by atoms with van der Waals surface area (Å²) < 4.78 is 9.76. The number of hydrogen-bond donors (Lipinski definition) is 1. The lowest BCUT2D eigenvalue weighted by Gasteiger charge is -2.33. The second-order valence-corrected chi connectivity index (χ2v) is 5.91. The second-order valence-electron chi connectivity index (χ2n) is 5.56. The Morgan fingerprint density at radius 2 is 2.30 bits per heavy atom. The Bertz CT molecular complexity index is 541. The number of aryl methyl sites for hydroxylation is 1. The highest BCUT2D eigenvalue weighted by atomic mass is 35.5. The summed E-state index contributed by atoms with van der Waals surface area (Å²) in [5.74, 6) is 0.0389. The lowest BCUT2D eigenvalue weighted by Crippen LogP contribution is -2.49. The van der Waals surface area contributed by atoms with Crippen molar-refractivity contribution in [2.75, 3.05) is 19.7 Å². The molecule has 8 heteroatoms. The van der Waals surface area contributed by atoms with Crippen molar-refractivity contribution < 1.29 is 18.8 Å². The second kappa shape index (κ2) is 8.19. The predicted molar refractivity (Wildman–Crippen MR) is 84.3 cm³/mol. The van der Waals surface area contributed by atoms with E-state index in [0.717, 1.165) is 18.4 Å². The van der Waals surface area contributed by atoms with Crippen molar-refractivity contribution in [3.05, 3.63) is 16.5 Å². The molecule has 1 N–H and O–H groups in total. The van der Waals surface area contributed by atoms with Gasteiger partial charge in [-0.15, -0.1) is 0 Å². The number of halogens is 1. The Labute approximate surface area is 140 Å². The average Bonchev–Trinajstić information content (AvgIpc) is 2.84. The molecule has 0 aromatic carbocycles. The van der Waals surface area contributed by atoms with Gasteiger partial charge in [0.25, 0.3) is 0 Å². The molecular weight excluding hydrogens is 322 g/mol. The van der Waals surface area contributed by atoms with Crippen LogP contribution in [-0.2, 0) is 16.0 Å². The van der Waals surface area contributed by atoms with Crippen LogP contribution in [0.3, 0.4) is 0 Å². The number of hydrogen-bond acceptors (Lipinski definition) is 5. The van der Waals surface area contributed by atoms with Gasteiger partial charge in [0, 0.05) is 31.1 Å². The highest BCUT2D eigenvalue weighted by Crippen LogP contribution is 2.21. The van der Waals surface area contributed by atoms with Gasteiger partial charge >= 0.3 is 6.09 Å². The normalized spacial score (nSPS) is 17.9. The Hall–Kier alpha value is -1.76. The zero-order valence-corrected chi connectivity index (χ0v) is 14.2. The number of amides is 2. The van der Waals surface area contributed by atoms with Crippen LogP contribution in [0.1, 0.15) is 37.4 Å². The zero-order chi connectivity index (χ0) is 16.8. The average molecular weight is 344 g/mol. The van der Waals surface area contributed by atoms with E-state index in [1.165, 1.54) is 0 Å². The van der Waals surface area contributed by atoms with Gasteiger partial charge in [-0.1, -0.05) is 5.16 Å². The Morgan fingerprint density at radius 3 is 2.96 bits per heavy atom.